The van der Waals surface area contributed by atoms with Crippen LogP contribution in [-0.4, -0.2) is 29.8 Å². The summed E-state index contributed by atoms with van der Waals surface area (Å²) in [7, 11) is 0. The lowest BCUT2D eigenvalue weighted by Gasteiger charge is -2.32. The molecular formula is C21H20ClN3O2. The number of carbonyl (C=O) groups is 2. The van der Waals surface area contributed by atoms with E-state index in [4.69, 9.17) is 16.9 Å². The minimum absolute atomic E-state index is 0.0787. The Labute approximate surface area is 163 Å². The number of nitriles is 1. The Kier molecular flexibility index (Phi) is 6.10. The fourth-order valence-electron chi connectivity index (χ4n) is 3.19. The number of piperidine rings is 1. The summed E-state index contributed by atoms with van der Waals surface area (Å²) in [5, 5.41) is 12.2. The number of likely N-dealkylation sites (tertiary alicyclic amines) is 1. The minimum atomic E-state index is -0.242. The maximum absolute atomic E-state index is 12.7. The molecule has 3 rings (SSSR count). The smallest absolute Gasteiger partial charge is 0.253 e. The van der Waals surface area contributed by atoms with Crippen molar-refractivity contribution in [3.63, 3.8) is 0 Å². The number of hydrogen-bond acceptors (Lipinski definition) is 3. The lowest BCUT2D eigenvalue weighted by Crippen LogP contribution is -2.43. The first-order valence-electron chi connectivity index (χ1n) is 8.88. The minimum Gasteiger partial charge on any atom is -0.338 e. The number of anilines is 1. The molecule has 0 aromatic heterocycles. The average Bonchev–Trinajstić information content (AvgIpc) is 2.70. The summed E-state index contributed by atoms with van der Waals surface area (Å²) in [6.07, 6.45) is 1.89. The van der Waals surface area contributed by atoms with E-state index in [0.29, 0.717) is 35.8 Å². The Balaban J connectivity index is 1.61. The second kappa shape index (κ2) is 8.70. The summed E-state index contributed by atoms with van der Waals surface area (Å²) in [6, 6.07) is 16.1. The fraction of sp³-hybridized carbons (Fsp3) is 0.286. The predicted octanol–water partition coefficient (Wildman–Crippen LogP) is 3.90. The van der Waals surface area contributed by atoms with Crippen LogP contribution >= 0.6 is 11.6 Å². The molecule has 2 aromatic carbocycles. The van der Waals surface area contributed by atoms with Crippen LogP contribution in [0.1, 0.15) is 28.8 Å². The third-order valence-corrected chi connectivity index (χ3v) is 4.93. The number of amides is 2. The van der Waals surface area contributed by atoms with Crippen molar-refractivity contribution in [3.8, 4) is 6.07 Å². The summed E-state index contributed by atoms with van der Waals surface area (Å²) < 4.78 is 0. The number of carbonyl (C=O) groups excluding carboxylic acids is 2. The molecule has 0 radical (unpaired) electrons. The molecule has 0 aliphatic carbocycles. The first kappa shape index (κ1) is 18.9. The third kappa shape index (κ3) is 4.87. The molecule has 1 unspecified atom stereocenters. The SMILES string of the molecule is N#CCc1ccc(NC(=O)C2CCCN(C(=O)c3ccc(Cl)cc3)C2)cc1. The van der Waals surface area contributed by atoms with E-state index in [9.17, 15) is 9.59 Å². The monoisotopic (exact) mass is 381 g/mol. The van der Waals surface area contributed by atoms with Crippen LogP contribution in [0.4, 0.5) is 5.69 Å². The maximum atomic E-state index is 12.7. The van der Waals surface area contributed by atoms with Gasteiger partial charge in [0.2, 0.25) is 5.91 Å². The highest BCUT2D eigenvalue weighted by atomic mass is 35.5. The molecule has 1 aliphatic heterocycles. The predicted molar refractivity (Wildman–Crippen MR) is 104 cm³/mol. The van der Waals surface area contributed by atoms with Crippen LogP contribution in [0.25, 0.3) is 0 Å². The van der Waals surface area contributed by atoms with E-state index >= 15 is 0 Å². The molecule has 1 saturated heterocycles. The standard InChI is InChI=1S/C21H20ClN3O2/c22-18-7-5-16(6-8-18)21(27)25-13-1-2-17(14-25)20(26)24-19-9-3-15(4-10-19)11-12-23/h3-10,17H,1-2,11,13-14H2,(H,24,26). The Morgan fingerprint density at radius 3 is 2.52 bits per heavy atom. The van der Waals surface area contributed by atoms with Gasteiger partial charge in [-0.25, -0.2) is 0 Å². The molecule has 1 N–H and O–H groups in total. The largest absolute Gasteiger partial charge is 0.338 e. The van der Waals surface area contributed by atoms with Gasteiger partial charge in [0, 0.05) is 29.4 Å². The van der Waals surface area contributed by atoms with E-state index in [1.165, 1.54) is 0 Å². The first-order valence-corrected chi connectivity index (χ1v) is 9.26. The molecule has 27 heavy (non-hydrogen) atoms. The van der Waals surface area contributed by atoms with E-state index in [0.717, 1.165) is 18.4 Å². The zero-order valence-electron chi connectivity index (χ0n) is 14.8. The van der Waals surface area contributed by atoms with Crippen molar-refractivity contribution in [1.82, 2.24) is 4.90 Å². The van der Waals surface area contributed by atoms with Crippen LogP contribution in [0.3, 0.4) is 0 Å². The molecule has 5 nitrogen and oxygen atoms in total. The Morgan fingerprint density at radius 2 is 1.85 bits per heavy atom. The van der Waals surface area contributed by atoms with Crippen LogP contribution in [-0.2, 0) is 11.2 Å². The van der Waals surface area contributed by atoms with Crippen LogP contribution < -0.4 is 5.32 Å². The van der Waals surface area contributed by atoms with Crippen molar-refractivity contribution in [2.24, 2.45) is 5.92 Å². The molecule has 1 atom stereocenters. The highest BCUT2D eigenvalue weighted by Gasteiger charge is 2.29. The highest BCUT2D eigenvalue weighted by molar-refractivity contribution is 6.30. The topological polar surface area (TPSA) is 73.2 Å². The Morgan fingerprint density at radius 1 is 1.15 bits per heavy atom. The molecule has 1 aliphatic rings. The summed E-state index contributed by atoms with van der Waals surface area (Å²) in [4.78, 5) is 27.0. The van der Waals surface area contributed by atoms with E-state index in [-0.39, 0.29) is 17.7 Å². The summed E-state index contributed by atoms with van der Waals surface area (Å²) >= 11 is 5.88. The average molecular weight is 382 g/mol. The zero-order chi connectivity index (χ0) is 19.2. The number of hydrogen-bond donors (Lipinski definition) is 1. The zero-order valence-corrected chi connectivity index (χ0v) is 15.6. The molecule has 0 bridgehead atoms. The molecule has 2 amide bonds. The number of benzene rings is 2. The summed E-state index contributed by atoms with van der Waals surface area (Å²) in [5.41, 5.74) is 2.18. The van der Waals surface area contributed by atoms with E-state index in [2.05, 4.69) is 11.4 Å². The number of nitrogens with one attached hydrogen (secondary N) is 1. The molecule has 138 valence electrons. The van der Waals surface area contributed by atoms with Crippen molar-refractivity contribution >= 4 is 29.1 Å². The van der Waals surface area contributed by atoms with Crippen molar-refractivity contribution in [3.05, 3.63) is 64.7 Å². The number of halogens is 1. The van der Waals surface area contributed by atoms with Crippen molar-refractivity contribution < 1.29 is 9.59 Å². The van der Waals surface area contributed by atoms with Crippen LogP contribution in [0, 0.1) is 17.2 Å². The van der Waals surface area contributed by atoms with Crippen LogP contribution in [0.2, 0.25) is 5.02 Å². The van der Waals surface area contributed by atoms with Gasteiger partial charge in [-0.05, 0) is 54.8 Å². The second-order valence-corrected chi connectivity index (χ2v) is 7.05. The lowest BCUT2D eigenvalue weighted by molar-refractivity contribution is -0.121. The van der Waals surface area contributed by atoms with Crippen molar-refractivity contribution in [2.75, 3.05) is 18.4 Å². The molecular weight excluding hydrogens is 362 g/mol. The van der Waals surface area contributed by atoms with Gasteiger partial charge in [0.1, 0.15) is 0 Å². The molecule has 0 spiro atoms. The van der Waals surface area contributed by atoms with Gasteiger partial charge in [-0.1, -0.05) is 23.7 Å². The molecule has 2 aromatic rings. The second-order valence-electron chi connectivity index (χ2n) is 6.62. The normalized spacial score (nSPS) is 16.4. The highest BCUT2D eigenvalue weighted by Crippen LogP contribution is 2.21. The number of nitrogens with zero attached hydrogens (tertiary/aromatic N) is 2. The van der Waals surface area contributed by atoms with E-state index in [1.54, 1.807) is 41.3 Å². The van der Waals surface area contributed by atoms with Gasteiger partial charge in [0.05, 0.1) is 18.4 Å². The van der Waals surface area contributed by atoms with Gasteiger partial charge in [0.15, 0.2) is 0 Å². The van der Waals surface area contributed by atoms with E-state index in [1.807, 2.05) is 12.1 Å². The fourth-order valence-corrected chi connectivity index (χ4v) is 3.32. The van der Waals surface area contributed by atoms with Crippen molar-refractivity contribution in [1.29, 1.82) is 5.26 Å². The molecule has 1 fully saturated rings. The van der Waals surface area contributed by atoms with Crippen LogP contribution in [0.5, 0.6) is 0 Å². The van der Waals surface area contributed by atoms with Gasteiger partial charge in [-0.2, -0.15) is 5.26 Å². The quantitative estimate of drug-likeness (QED) is 0.872. The molecule has 0 saturated carbocycles. The van der Waals surface area contributed by atoms with Crippen molar-refractivity contribution in [2.45, 2.75) is 19.3 Å². The summed E-state index contributed by atoms with van der Waals surface area (Å²) in [5.74, 6) is -0.407. The maximum Gasteiger partial charge on any atom is 0.253 e. The Hall–Kier alpha value is -2.84. The van der Waals surface area contributed by atoms with Gasteiger partial charge in [-0.15, -0.1) is 0 Å². The van der Waals surface area contributed by atoms with Crippen LogP contribution in [0.15, 0.2) is 48.5 Å². The first-order chi connectivity index (χ1) is 13.1. The van der Waals surface area contributed by atoms with E-state index < -0.39 is 0 Å². The molecule has 1 heterocycles. The van der Waals surface area contributed by atoms with Gasteiger partial charge >= 0.3 is 0 Å². The van der Waals surface area contributed by atoms with Gasteiger partial charge in [-0.3, -0.25) is 9.59 Å². The third-order valence-electron chi connectivity index (χ3n) is 4.68. The lowest BCUT2D eigenvalue weighted by atomic mass is 9.96. The molecule has 6 heteroatoms. The summed E-state index contributed by atoms with van der Waals surface area (Å²) in [6.45, 7) is 1.05. The Bertz CT molecular complexity index is 856. The van der Waals surface area contributed by atoms with Gasteiger partial charge < -0.3 is 10.2 Å². The number of rotatable bonds is 4. The van der Waals surface area contributed by atoms with Gasteiger partial charge in [0.25, 0.3) is 5.91 Å².